The Hall–Kier alpha value is -0.902. The fraction of sp³-hybridized carbons (Fsp3) is 0.0526. The Labute approximate surface area is 187 Å². The molecule has 3 nitrogen and oxygen atoms in total. The van der Waals surface area contributed by atoms with Gasteiger partial charge < -0.3 is 0 Å². The van der Waals surface area contributed by atoms with Crippen LogP contribution in [0.25, 0.3) is 28.3 Å². The van der Waals surface area contributed by atoms with E-state index in [9.17, 15) is 0 Å². The van der Waals surface area contributed by atoms with Gasteiger partial charge in [0.1, 0.15) is 11.3 Å². The molecule has 1 aromatic carbocycles. The Morgan fingerprint density at radius 3 is 2.44 bits per heavy atom. The Morgan fingerprint density at radius 1 is 1.04 bits per heavy atom. The van der Waals surface area contributed by atoms with Crippen molar-refractivity contribution in [1.82, 2.24) is 14.4 Å². The molecule has 3 heterocycles. The van der Waals surface area contributed by atoms with E-state index in [0.29, 0.717) is 5.88 Å². The van der Waals surface area contributed by atoms with Crippen LogP contribution in [-0.2, 0) is 22.4 Å². The van der Waals surface area contributed by atoms with Crippen molar-refractivity contribution in [1.29, 1.82) is 0 Å². The summed E-state index contributed by atoms with van der Waals surface area (Å²) in [5, 5.41) is 0. The van der Waals surface area contributed by atoms with Crippen molar-refractivity contribution >= 4 is 52.0 Å². The van der Waals surface area contributed by atoms with Gasteiger partial charge in [-0.25, -0.2) is 4.98 Å². The van der Waals surface area contributed by atoms with Crippen LogP contribution in [0.2, 0.25) is 0 Å². The molecule has 4 aromatic rings. The second-order valence-corrected chi connectivity index (χ2v) is 9.85. The standard InChI is InChI=1S/C19H13BrClN3.2ClH.Pt/c20-15-6-2-1-5-14(15)19-18(16-7-3-4-9-22-16)23-17-11-13(12-21)8-10-24(17)19;;;/h1-11H,12H2;2*1H;/q;;;+2/p-2. The zero-order valence-corrected chi connectivity index (χ0v) is 19.9. The molecular weight excluding hydrogens is 652 g/mol. The summed E-state index contributed by atoms with van der Waals surface area (Å²) in [6.45, 7) is 0. The third-order valence-corrected chi connectivity index (χ3v) is 4.88. The van der Waals surface area contributed by atoms with Crippen molar-refractivity contribution in [3.05, 3.63) is 77.0 Å². The molecule has 0 atom stereocenters. The summed E-state index contributed by atoms with van der Waals surface area (Å²) in [5.74, 6) is 0.465. The van der Waals surface area contributed by atoms with Crippen LogP contribution in [0.1, 0.15) is 5.56 Å². The first kappa shape index (κ1) is 20.8. The van der Waals surface area contributed by atoms with Crippen molar-refractivity contribution in [2.75, 3.05) is 0 Å². The molecule has 0 aliphatic heterocycles. The Balaban J connectivity index is 0.000000659. The second kappa shape index (κ2) is 10.0. The average Bonchev–Trinajstić information content (AvgIpc) is 3.08. The number of hydrogen-bond acceptors (Lipinski definition) is 2. The molecule has 0 radical (unpaired) electrons. The number of halogens is 4. The summed E-state index contributed by atoms with van der Waals surface area (Å²) in [6, 6.07) is 18.0. The van der Waals surface area contributed by atoms with Crippen molar-refractivity contribution in [3.8, 4) is 22.6 Å². The van der Waals surface area contributed by atoms with Gasteiger partial charge >= 0.3 is 35.3 Å². The number of fused-ring (bicyclic) bond motifs is 1. The van der Waals surface area contributed by atoms with Crippen molar-refractivity contribution < 1.29 is 16.5 Å². The zero-order chi connectivity index (χ0) is 19.2. The van der Waals surface area contributed by atoms with Gasteiger partial charge in [0, 0.05) is 28.3 Å². The van der Waals surface area contributed by atoms with Crippen LogP contribution in [0, 0.1) is 0 Å². The van der Waals surface area contributed by atoms with Crippen molar-refractivity contribution in [3.63, 3.8) is 0 Å². The zero-order valence-electron chi connectivity index (χ0n) is 13.7. The van der Waals surface area contributed by atoms with Crippen LogP contribution in [0.3, 0.4) is 0 Å². The summed E-state index contributed by atoms with van der Waals surface area (Å²) in [5.41, 5.74) is 5.69. The summed E-state index contributed by atoms with van der Waals surface area (Å²) in [6.07, 6.45) is 3.80. The predicted octanol–water partition coefficient (Wildman–Crippen LogP) is 6.94. The molecule has 0 spiro atoms. The molecule has 0 unspecified atom stereocenters. The molecule has 142 valence electrons. The van der Waals surface area contributed by atoms with Crippen molar-refractivity contribution in [2.24, 2.45) is 0 Å². The Kier molecular flexibility index (Phi) is 7.74. The van der Waals surface area contributed by atoms with Gasteiger partial charge in [0.15, 0.2) is 0 Å². The first-order chi connectivity index (χ1) is 13.2. The predicted molar refractivity (Wildman–Crippen MR) is 113 cm³/mol. The molecular formula is C19H13BrCl3N3Pt. The SMILES string of the molecule is ClCc1ccn2c(-c3ccccc3Br)c(-c3ccccn3)nc2c1.[Cl][Pt][Cl]. The van der Waals surface area contributed by atoms with Gasteiger partial charge in [0.25, 0.3) is 0 Å². The summed E-state index contributed by atoms with van der Waals surface area (Å²) >= 11 is 9.16. The van der Waals surface area contributed by atoms with Gasteiger partial charge in [-0.15, -0.1) is 11.6 Å². The van der Waals surface area contributed by atoms with E-state index in [1.807, 2.05) is 54.7 Å². The Morgan fingerprint density at radius 2 is 1.78 bits per heavy atom. The number of hydrogen-bond donors (Lipinski definition) is 0. The van der Waals surface area contributed by atoms with E-state index in [0.717, 1.165) is 38.3 Å². The maximum absolute atomic E-state index is 5.98. The quantitative estimate of drug-likeness (QED) is 0.222. The van der Waals surface area contributed by atoms with Crippen molar-refractivity contribution in [2.45, 2.75) is 5.88 Å². The van der Waals surface area contributed by atoms with Crippen LogP contribution in [0.4, 0.5) is 0 Å². The molecule has 0 N–H and O–H groups in total. The first-order valence-corrected chi connectivity index (χ1v) is 14.7. The molecule has 0 aliphatic carbocycles. The molecule has 3 aromatic heterocycles. The third kappa shape index (κ3) is 4.75. The van der Waals surface area contributed by atoms with E-state index in [-0.39, 0.29) is 0 Å². The molecule has 8 heteroatoms. The van der Waals surface area contributed by atoms with Crippen LogP contribution in [-0.4, -0.2) is 14.4 Å². The van der Waals surface area contributed by atoms with E-state index < -0.39 is 16.5 Å². The molecule has 0 amide bonds. The number of rotatable bonds is 3. The fourth-order valence-corrected chi connectivity index (χ4v) is 3.40. The van der Waals surface area contributed by atoms with Crippen LogP contribution in [0.5, 0.6) is 0 Å². The third-order valence-electron chi connectivity index (χ3n) is 3.88. The maximum atomic E-state index is 5.98. The van der Waals surface area contributed by atoms with E-state index in [4.69, 9.17) is 35.4 Å². The number of alkyl halides is 1. The Bertz CT molecular complexity index is 1040. The van der Waals surface area contributed by atoms with Crippen LogP contribution in [0.15, 0.2) is 71.5 Å². The summed E-state index contributed by atoms with van der Waals surface area (Å²) < 4.78 is 3.10. The van der Waals surface area contributed by atoms with E-state index in [2.05, 4.69) is 31.4 Å². The van der Waals surface area contributed by atoms with Crippen LogP contribution >= 0.6 is 46.4 Å². The molecule has 0 bridgehead atoms. The van der Waals surface area contributed by atoms with E-state index in [1.165, 1.54) is 0 Å². The fourth-order valence-electron chi connectivity index (χ4n) is 2.76. The molecule has 0 saturated heterocycles. The van der Waals surface area contributed by atoms with Gasteiger partial charge in [-0.2, -0.15) is 0 Å². The molecule has 0 saturated carbocycles. The molecule has 27 heavy (non-hydrogen) atoms. The minimum absolute atomic E-state index is 0.465. The average molecular weight is 665 g/mol. The normalized spacial score (nSPS) is 10.7. The van der Waals surface area contributed by atoms with Gasteiger partial charge in [0.2, 0.25) is 0 Å². The van der Waals surface area contributed by atoms with Gasteiger partial charge in [0.05, 0.1) is 11.4 Å². The van der Waals surface area contributed by atoms with Gasteiger partial charge in [-0.3, -0.25) is 9.38 Å². The number of pyridine rings is 2. The second-order valence-electron chi connectivity index (χ2n) is 5.45. The van der Waals surface area contributed by atoms with E-state index in [1.54, 1.807) is 6.20 Å². The number of aromatic nitrogens is 3. The summed E-state index contributed by atoms with van der Waals surface area (Å²) in [7, 11) is 9.75. The van der Waals surface area contributed by atoms with Gasteiger partial charge in [-0.1, -0.05) is 40.2 Å². The molecule has 0 fully saturated rings. The van der Waals surface area contributed by atoms with Crippen LogP contribution < -0.4 is 0 Å². The first-order valence-electron chi connectivity index (χ1n) is 7.75. The summed E-state index contributed by atoms with van der Waals surface area (Å²) in [4.78, 5) is 9.32. The van der Waals surface area contributed by atoms with Gasteiger partial charge in [-0.05, 0) is 35.9 Å². The number of nitrogens with zero attached hydrogens (tertiary/aromatic N) is 3. The monoisotopic (exact) mass is 662 g/mol. The minimum atomic E-state index is -0.472. The topological polar surface area (TPSA) is 30.2 Å². The molecule has 0 aliphatic rings. The number of benzene rings is 1. The number of imidazole rings is 1. The molecule has 4 rings (SSSR count). The van der Waals surface area contributed by atoms with E-state index >= 15 is 0 Å².